The normalized spacial score (nSPS) is 10.9. The lowest BCUT2D eigenvalue weighted by Gasteiger charge is -2.14. The fraction of sp³-hybridized carbons (Fsp3) is 0.115. The fourth-order valence-corrected chi connectivity index (χ4v) is 14.3. The summed E-state index contributed by atoms with van der Waals surface area (Å²) in [5.74, 6) is 8.47. The molecule has 0 unspecified atom stereocenters. The number of nitrogens with zero attached hydrogens (tertiary/aromatic N) is 21. The maximum absolute atomic E-state index is 14.5. The van der Waals surface area contributed by atoms with Crippen molar-refractivity contribution in [2.45, 2.75) is 48.5 Å². The van der Waals surface area contributed by atoms with Crippen molar-refractivity contribution in [3.63, 3.8) is 0 Å². The van der Waals surface area contributed by atoms with Gasteiger partial charge in [-0.1, -0.05) is 96.1 Å². The Bertz CT molecular complexity index is 7510. The van der Waals surface area contributed by atoms with Crippen LogP contribution in [0.3, 0.4) is 0 Å². The summed E-state index contributed by atoms with van der Waals surface area (Å²) in [4.78, 5) is 68.7. The van der Waals surface area contributed by atoms with Crippen LogP contribution in [0.4, 0.5) is 101 Å². The Morgan fingerprint density at radius 3 is 0.771 bits per heavy atom. The van der Waals surface area contributed by atoms with Crippen LogP contribution in [0.2, 0.25) is 0 Å². The van der Waals surface area contributed by atoms with E-state index in [0.29, 0.717) is 81.5 Å². The highest BCUT2D eigenvalue weighted by atomic mass is 19.1. The number of halogens is 2. The molecule has 20 aromatic rings. The van der Waals surface area contributed by atoms with Gasteiger partial charge >= 0.3 is 0 Å². The number of nitrogens with one attached hydrogen (secondary N) is 5. The van der Waals surface area contributed by atoms with Crippen molar-refractivity contribution in [2.75, 3.05) is 88.5 Å². The van der Waals surface area contributed by atoms with Gasteiger partial charge in [0, 0.05) is 66.4 Å². The molecule has 0 spiro atoms. The Morgan fingerprint density at radius 2 is 0.511 bits per heavy atom. The van der Waals surface area contributed by atoms with E-state index < -0.39 is 11.6 Å². The summed E-state index contributed by atoms with van der Waals surface area (Å²) < 4.78 is 48.5. The molecule has 10 aromatic carbocycles. The molecule has 0 aliphatic carbocycles. The van der Waals surface area contributed by atoms with E-state index in [1.165, 1.54) is 5.56 Å². The third-order valence-electron chi connectivity index (χ3n) is 20.6. The molecular weight excluding hydrogens is 1660 g/mol. The molecule has 10 heterocycles. The average molecular weight is 1750 g/mol. The van der Waals surface area contributed by atoms with Crippen molar-refractivity contribution in [3.05, 3.63) is 313 Å². The van der Waals surface area contributed by atoms with Gasteiger partial charge in [0.15, 0.2) is 23.3 Å². The second-order valence-electron chi connectivity index (χ2n) is 30.2. The summed E-state index contributed by atoms with van der Waals surface area (Å²) in [5, 5.41) is 15.7. The van der Waals surface area contributed by atoms with Crippen LogP contribution in [0.15, 0.2) is 261 Å². The first-order valence-electron chi connectivity index (χ1n) is 41.2. The molecule has 0 saturated heterocycles. The third-order valence-corrected chi connectivity index (χ3v) is 20.6. The number of methoxy groups -OCH3 is 2. The van der Waals surface area contributed by atoms with Gasteiger partial charge in [0.05, 0.1) is 69.4 Å². The van der Waals surface area contributed by atoms with Gasteiger partial charge in [-0.05, 0) is 206 Å². The Labute approximate surface area is 750 Å². The number of aromatic nitrogens is 20. The maximum Gasteiger partial charge on any atom is 0.239 e. The number of nitrogen functional groups attached to an aromatic ring is 5. The molecule has 0 amide bonds. The predicted octanol–water partition coefficient (Wildman–Crippen LogP) is 18.2. The van der Waals surface area contributed by atoms with Crippen molar-refractivity contribution in [2.24, 2.45) is 0 Å². The Hall–Kier alpha value is -17.8. The van der Waals surface area contributed by atoms with Crippen LogP contribution in [-0.4, -0.2) is 126 Å². The van der Waals surface area contributed by atoms with E-state index in [1.54, 1.807) is 65.8 Å². The van der Waals surface area contributed by atoms with Gasteiger partial charge in [-0.2, -0.15) is 58.6 Å². The molecular formula is C96H91F2N31O2. The van der Waals surface area contributed by atoms with Crippen molar-refractivity contribution in [1.29, 1.82) is 0 Å². The Morgan fingerprint density at radius 1 is 0.275 bits per heavy atom. The predicted molar refractivity (Wildman–Crippen MR) is 514 cm³/mol. The third kappa shape index (κ3) is 19.7. The molecule has 0 atom stereocenters. The minimum atomic E-state index is -0.711. The average Bonchev–Trinajstić information content (AvgIpc) is 1.71. The van der Waals surface area contributed by atoms with E-state index >= 15 is 0 Å². The molecule has 20 rings (SSSR count). The minimum absolute atomic E-state index is 0.0140. The maximum atomic E-state index is 14.5. The lowest BCUT2D eigenvalue weighted by molar-refractivity contribution is 0.415. The number of para-hydroxylation sites is 10. The number of hydrogen-bond donors (Lipinski definition) is 10. The van der Waals surface area contributed by atoms with E-state index in [1.807, 2.05) is 288 Å². The van der Waals surface area contributed by atoms with Gasteiger partial charge < -0.3 is 69.6 Å². The lowest BCUT2D eigenvalue weighted by atomic mass is 10.2. The number of nitrogens with two attached hydrogens (primary N) is 5. The molecule has 15 N–H and O–H groups in total. The first-order chi connectivity index (χ1) is 63.3. The topological polar surface area (TPSA) is 430 Å². The molecule has 0 radical (unpaired) electrons. The quantitative estimate of drug-likeness (QED) is 0.0381. The molecule has 0 bridgehead atoms. The number of anilines is 16. The minimum Gasteiger partial charge on any atom is -0.497 e. The van der Waals surface area contributed by atoms with Crippen LogP contribution in [0.5, 0.6) is 11.5 Å². The van der Waals surface area contributed by atoms with Crippen LogP contribution < -0.4 is 69.6 Å². The number of imidazole rings is 5. The molecule has 0 aliphatic rings. The van der Waals surface area contributed by atoms with Gasteiger partial charge in [0.2, 0.25) is 41.4 Å². The van der Waals surface area contributed by atoms with Crippen LogP contribution in [0, 0.1) is 60.1 Å². The number of hydrogen-bond acceptors (Lipinski definition) is 28. The molecule has 0 fully saturated rings. The van der Waals surface area contributed by atoms with Crippen molar-refractivity contribution >= 4 is 147 Å². The molecule has 0 aliphatic heterocycles. The second-order valence-corrected chi connectivity index (χ2v) is 30.2. The van der Waals surface area contributed by atoms with Crippen molar-refractivity contribution in [3.8, 4) is 41.2 Å². The molecule has 656 valence electrons. The summed E-state index contributed by atoms with van der Waals surface area (Å²) in [6.45, 7) is 13.5. The zero-order valence-corrected chi connectivity index (χ0v) is 73.2. The monoisotopic (exact) mass is 1750 g/mol. The van der Waals surface area contributed by atoms with E-state index in [2.05, 4.69) is 113 Å². The number of benzene rings is 10. The van der Waals surface area contributed by atoms with E-state index in [9.17, 15) is 8.78 Å². The summed E-state index contributed by atoms with van der Waals surface area (Å²) in [5.41, 5.74) is 46.0. The summed E-state index contributed by atoms with van der Waals surface area (Å²) in [7, 11) is 7.24. The van der Waals surface area contributed by atoms with Gasteiger partial charge in [-0.25, -0.2) is 24.9 Å². The highest BCUT2D eigenvalue weighted by Gasteiger charge is 2.23. The summed E-state index contributed by atoms with van der Waals surface area (Å²) >= 11 is 0. The zero-order valence-electron chi connectivity index (χ0n) is 73.2. The highest BCUT2D eigenvalue weighted by Crippen LogP contribution is 2.33. The standard InChI is InChI=1S/C20H21N7.C19H17FN6O.C19H17FN6.C19H18N6O.C19H18N6/c1-13-22-16-6-4-5-7-17(16)27(13)20-24-18(21)12-19(25-20)23-14-8-10-15(11-9-14)26(2)3;1-11-22-14-5-3-4-6-15(14)26(11)19-24-17(21)16(20)18(25-19)23-12-7-9-13(27-2)10-8-12;1-11-7-9-13(10-8-11)23-18-16(20)17(21)24-19(25-18)26-12(2)22-14-5-3-4-6-15(14)26;1-12-21-15-5-3-4-6-16(15)25(12)19-23-17(20)11-18(24-19)22-13-7-9-14(26-2)10-8-13;1-12-7-9-14(10-8-12)22-18-11-17(20)23-19(24-18)25-13(2)21-15-5-3-4-6-16(15)25/h4-12H,1-3H3,(H3,21,23,24,25);3-10H,1-2H3,(H3,21,23,24,25);3-10H,1-2H3,(H3,21,23,24,25);3-11H,1-2H3,(H3,20,22,23,24);3-11H,1-2H3,(H3,20,22,23,24). The summed E-state index contributed by atoms with van der Waals surface area (Å²) in [6, 6.07) is 82.4. The number of ether oxygens (including phenoxy) is 2. The summed E-state index contributed by atoms with van der Waals surface area (Å²) in [6.07, 6.45) is 0. The first-order valence-corrected chi connectivity index (χ1v) is 41.2. The van der Waals surface area contributed by atoms with Crippen molar-refractivity contribution in [1.82, 2.24) is 97.6 Å². The van der Waals surface area contributed by atoms with Crippen molar-refractivity contribution < 1.29 is 18.3 Å². The molecule has 35 heteroatoms. The second kappa shape index (κ2) is 38.0. The van der Waals surface area contributed by atoms with Gasteiger partial charge in [0.1, 0.15) is 75.5 Å². The first kappa shape index (κ1) is 86.7. The Balaban J connectivity index is 0.000000120. The van der Waals surface area contributed by atoms with Gasteiger partial charge in [0.25, 0.3) is 0 Å². The lowest BCUT2D eigenvalue weighted by Crippen LogP contribution is -2.10. The molecule has 33 nitrogen and oxygen atoms in total. The zero-order chi connectivity index (χ0) is 91.7. The highest BCUT2D eigenvalue weighted by molar-refractivity contribution is 5.83. The largest absolute Gasteiger partial charge is 0.497 e. The van der Waals surface area contributed by atoms with Gasteiger partial charge in [-0.15, -0.1) is 0 Å². The van der Waals surface area contributed by atoms with Crippen LogP contribution in [0.25, 0.3) is 84.9 Å². The van der Waals surface area contributed by atoms with E-state index in [4.69, 9.17) is 38.1 Å². The molecule has 0 saturated carbocycles. The SMILES string of the molecule is COc1ccc(Nc2cc(N)nc(-n3c(C)nc4ccccc43)n2)cc1.COc1ccc(Nc2nc(-n3c(C)nc4ccccc43)nc(N)c2F)cc1.Cc1ccc(Nc2cc(N)nc(-n3c(C)nc4ccccc43)n2)cc1.Cc1ccc(Nc2nc(-n3c(C)nc4ccccc43)nc(N)c2F)cc1.Cc1nc2ccccc2n1-c1nc(N)cc(Nc2ccc(N(C)C)cc2)n1. The van der Waals surface area contributed by atoms with Crippen LogP contribution >= 0.6 is 0 Å². The van der Waals surface area contributed by atoms with E-state index in [-0.39, 0.29) is 35.2 Å². The molecule has 10 aromatic heterocycles. The van der Waals surface area contributed by atoms with Crippen LogP contribution in [0.1, 0.15) is 40.2 Å². The number of fused-ring (bicyclic) bond motifs is 5. The smallest absolute Gasteiger partial charge is 0.239 e. The van der Waals surface area contributed by atoms with Gasteiger partial charge in [-0.3, -0.25) is 22.8 Å². The number of rotatable bonds is 18. The fourth-order valence-electron chi connectivity index (χ4n) is 14.3. The van der Waals surface area contributed by atoms with E-state index in [0.717, 1.165) is 107 Å². The molecule has 131 heavy (non-hydrogen) atoms. The Kier molecular flexibility index (Phi) is 25.1. The van der Waals surface area contributed by atoms with Crippen LogP contribution in [-0.2, 0) is 0 Å². The number of aryl methyl sites for hydroxylation is 7.